The van der Waals surface area contributed by atoms with Gasteiger partial charge in [-0.25, -0.2) is 0 Å². The maximum Gasteiger partial charge on any atom is 0.290 e. The quantitative estimate of drug-likeness (QED) is 0.550. The molecular weight excluding hydrogens is 392 g/mol. The Morgan fingerprint density at radius 3 is 2.52 bits per heavy atom. The van der Waals surface area contributed by atoms with Gasteiger partial charge in [0.05, 0.1) is 23.6 Å². The molecule has 6 nitrogen and oxygen atoms in total. The zero-order valence-electron chi connectivity index (χ0n) is 18.3. The zero-order chi connectivity index (χ0) is 22.0. The summed E-state index contributed by atoms with van der Waals surface area (Å²) in [6.45, 7) is 4.09. The van der Waals surface area contributed by atoms with E-state index >= 15 is 0 Å². The summed E-state index contributed by atoms with van der Waals surface area (Å²) in [5.41, 5.74) is 1.60. The Balaban J connectivity index is 1.78. The van der Waals surface area contributed by atoms with Crippen molar-refractivity contribution in [1.82, 2.24) is 9.80 Å². The van der Waals surface area contributed by atoms with E-state index < -0.39 is 6.04 Å². The summed E-state index contributed by atoms with van der Waals surface area (Å²) in [7, 11) is 4.01. The molecule has 2 aromatic carbocycles. The van der Waals surface area contributed by atoms with Gasteiger partial charge >= 0.3 is 0 Å². The first kappa shape index (κ1) is 21.1. The predicted molar refractivity (Wildman–Crippen MR) is 121 cm³/mol. The molecule has 1 aromatic heterocycles. The first-order valence-electron chi connectivity index (χ1n) is 10.8. The molecule has 31 heavy (non-hydrogen) atoms. The number of para-hydroxylation sites is 1. The van der Waals surface area contributed by atoms with Crippen molar-refractivity contribution in [3.8, 4) is 5.75 Å². The molecule has 0 unspecified atom stereocenters. The number of carbonyl (C=O) groups excluding carboxylic acids is 1. The molecule has 0 spiro atoms. The largest absolute Gasteiger partial charge is 0.494 e. The maximum absolute atomic E-state index is 13.4. The van der Waals surface area contributed by atoms with Gasteiger partial charge in [0.25, 0.3) is 5.91 Å². The van der Waals surface area contributed by atoms with Gasteiger partial charge in [-0.05, 0) is 63.3 Å². The number of carbonyl (C=O) groups is 1. The number of nitrogens with zero attached hydrogens (tertiary/aromatic N) is 2. The molecule has 1 aliphatic rings. The molecule has 0 saturated carbocycles. The van der Waals surface area contributed by atoms with E-state index in [1.54, 1.807) is 23.1 Å². The van der Waals surface area contributed by atoms with E-state index in [0.717, 1.165) is 30.7 Å². The standard InChI is InChI=1S/C25H28N2O4/c1-4-16-30-18-12-10-17(11-13-18)22-21-23(28)19-8-5-6-9-20(19)31-24(21)25(29)27(22)15-7-14-26(2)3/h5-6,8-13,22H,4,7,14-16H2,1-3H3/t22-/m1/s1. The number of rotatable bonds is 8. The van der Waals surface area contributed by atoms with Gasteiger partial charge in [-0.15, -0.1) is 0 Å². The molecule has 0 aliphatic carbocycles. The third kappa shape index (κ3) is 4.08. The van der Waals surface area contributed by atoms with E-state index in [1.807, 2.05) is 44.4 Å². The van der Waals surface area contributed by atoms with Crippen molar-refractivity contribution < 1.29 is 13.9 Å². The van der Waals surface area contributed by atoms with Gasteiger partial charge in [-0.2, -0.15) is 0 Å². The number of amides is 1. The van der Waals surface area contributed by atoms with Crippen molar-refractivity contribution in [3.05, 3.63) is 75.6 Å². The molecule has 0 bridgehead atoms. The molecule has 2 heterocycles. The third-order valence-corrected chi connectivity index (χ3v) is 5.55. The van der Waals surface area contributed by atoms with Crippen molar-refractivity contribution in [1.29, 1.82) is 0 Å². The van der Waals surface area contributed by atoms with Crippen LogP contribution in [0.15, 0.2) is 57.7 Å². The average Bonchev–Trinajstić information content (AvgIpc) is 3.05. The summed E-state index contributed by atoms with van der Waals surface area (Å²) < 4.78 is 11.7. The summed E-state index contributed by atoms with van der Waals surface area (Å²) in [6.07, 6.45) is 1.73. The van der Waals surface area contributed by atoms with Crippen LogP contribution in [0, 0.1) is 0 Å². The first-order valence-corrected chi connectivity index (χ1v) is 10.8. The van der Waals surface area contributed by atoms with Gasteiger partial charge in [-0.3, -0.25) is 9.59 Å². The number of fused-ring (bicyclic) bond motifs is 2. The van der Waals surface area contributed by atoms with Crippen molar-refractivity contribution in [2.75, 3.05) is 33.8 Å². The highest BCUT2D eigenvalue weighted by Gasteiger charge is 2.42. The molecule has 0 saturated heterocycles. The van der Waals surface area contributed by atoms with Crippen LogP contribution in [0.2, 0.25) is 0 Å². The van der Waals surface area contributed by atoms with Crippen LogP contribution in [-0.4, -0.2) is 49.5 Å². The van der Waals surface area contributed by atoms with E-state index in [0.29, 0.717) is 29.7 Å². The summed E-state index contributed by atoms with van der Waals surface area (Å²) in [5.74, 6) is 0.706. The van der Waals surface area contributed by atoms with E-state index in [9.17, 15) is 9.59 Å². The van der Waals surface area contributed by atoms with E-state index in [1.165, 1.54) is 0 Å². The highest BCUT2D eigenvalue weighted by molar-refractivity contribution is 5.99. The second kappa shape index (κ2) is 8.94. The second-order valence-corrected chi connectivity index (χ2v) is 8.15. The van der Waals surface area contributed by atoms with Gasteiger partial charge < -0.3 is 19.0 Å². The van der Waals surface area contributed by atoms with Crippen LogP contribution in [0.25, 0.3) is 11.0 Å². The second-order valence-electron chi connectivity index (χ2n) is 8.15. The van der Waals surface area contributed by atoms with Crippen molar-refractivity contribution in [3.63, 3.8) is 0 Å². The van der Waals surface area contributed by atoms with Crippen LogP contribution < -0.4 is 10.2 Å². The fourth-order valence-corrected chi connectivity index (χ4v) is 4.07. The fourth-order valence-electron chi connectivity index (χ4n) is 4.07. The minimum Gasteiger partial charge on any atom is -0.494 e. The summed E-state index contributed by atoms with van der Waals surface area (Å²) >= 11 is 0. The molecule has 6 heteroatoms. The summed E-state index contributed by atoms with van der Waals surface area (Å²) in [4.78, 5) is 30.6. The van der Waals surface area contributed by atoms with Crippen LogP contribution in [-0.2, 0) is 0 Å². The van der Waals surface area contributed by atoms with Gasteiger partial charge in [0.2, 0.25) is 5.76 Å². The molecule has 162 valence electrons. The van der Waals surface area contributed by atoms with Gasteiger partial charge in [-0.1, -0.05) is 31.2 Å². The third-order valence-electron chi connectivity index (χ3n) is 5.55. The lowest BCUT2D eigenvalue weighted by atomic mass is 9.98. The lowest BCUT2D eigenvalue weighted by Gasteiger charge is -2.26. The lowest BCUT2D eigenvalue weighted by Crippen LogP contribution is -2.32. The Kier molecular flexibility index (Phi) is 6.09. The first-order chi connectivity index (χ1) is 15.0. The molecule has 0 radical (unpaired) electrons. The highest BCUT2D eigenvalue weighted by Crippen LogP contribution is 2.38. The molecule has 1 amide bonds. The van der Waals surface area contributed by atoms with Crippen LogP contribution in [0.1, 0.15) is 47.5 Å². The van der Waals surface area contributed by atoms with Crippen LogP contribution >= 0.6 is 0 Å². The number of ether oxygens (including phenoxy) is 1. The highest BCUT2D eigenvalue weighted by atomic mass is 16.5. The minimum atomic E-state index is -0.467. The number of hydrogen-bond acceptors (Lipinski definition) is 5. The van der Waals surface area contributed by atoms with Crippen LogP contribution in [0.3, 0.4) is 0 Å². The normalized spacial score (nSPS) is 15.7. The smallest absolute Gasteiger partial charge is 0.290 e. The number of benzene rings is 2. The SMILES string of the molecule is CCCOc1ccc([C@@H]2c3c(oc4ccccc4c3=O)C(=O)N2CCCN(C)C)cc1. The molecule has 1 aliphatic heterocycles. The Labute approximate surface area is 182 Å². The number of hydrogen-bond donors (Lipinski definition) is 0. The lowest BCUT2D eigenvalue weighted by molar-refractivity contribution is 0.0722. The maximum atomic E-state index is 13.4. The summed E-state index contributed by atoms with van der Waals surface area (Å²) in [5, 5.41) is 0.497. The Hall–Kier alpha value is -3.12. The van der Waals surface area contributed by atoms with Crippen LogP contribution in [0.4, 0.5) is 0 Å². The van der Waals surface area contributed by atoms with E-state index in [2.05, 4.69) is 11.8 Å². The average molecular weight is 421 g/mol. The van der Waals surface area contributed by atoms with Crippen molar-refractivity contribution in [2.24, 2.45) is 0 Å². The molecule has 1 atom stereocenters. The Morgan fingerprint density at radius 2 is 1.81 bits per heavy atom. The molecule has 3 aromatic rings. The predicted octanol–water partition coefficient (Wildman–Crippen LogP) is 4.08. The van der Waals surface area contributed by atoms with Gasteiger partial charge in [0, 0.05) is 6.54 Å². The van der Waals surface area contributed by atoms with Crippen molar-refractivity contribution in [2.45, 2.75) is 25.8 Å². The van der Waals surface area contributed by atoms with Gasteiger partial charge in [0.15, 0.2) is 5.43 Å². The molecular formula is C25H28N2O4. The molecule has 0 fully saturated rings. The van der Waals surface area contributed by atoms with E-state index in [-0.39, 0.29) is 17.1 Å². The van der Waals surface area contributed by atoms with E-state index in [4.69, 9.17) is 9.15 Å². The van der Waals surface area contributed by atoms with Crippen LogP contribution in [0.5, 0.6) is 5.75 Å². The minimum absolute atomic E-state index is 0.142. The summed E-state index contributed by atoms with van der Waals surface area (Å²) in [6, 6.07) is 14.3. The Morgan fingerprint density at radius 1 is 1.06 bits per heavy atom. The van der Waals surface area contributed by atoms with Crippen molar-refractivity contribution >= 4 is 16.9 Å². The Bertz CT molecular complexity index is 1130. The monoisotopic (exact) mass is 420 g/mol. The molecule has 4 rings (SSSR count). The van der Waals surface area contributed by atoms with Gasteiger partial charge in [0.1, 0.15) is 11.3 Å². The molecule has 0 N–H and O–H groups in total. The topological polar surface area (TPSA) is 63.0 Å². The fraction of sp³-hybridized carbons (Fsp3) is 0.360. The zero-order valence-corrected chi connectivity index (χ0v) is 18.3.